The van der Waals surface area contributed by atoms with Gasteiger partial charge in [0.05, 0.1) is 32.5 Å². The number of halogens is 1. The molecule has 29 heavy (non-hydrogen) atoms. The van der Waals surface area contributed by atoms with Gasteiger partial charge in [-0.1, -0.05) is 29.8 Å². The van der Waals surface area contributed by atoms with E-state index in [-0.39, 0.29) is 5.78 Å². The van der Waals surface area contributed by atoms with Crippen LogP contribution in [0, 0.1) is 0 Å². The molecule has 2 aromatic carbocycles. The van der Waals surface area contributed by atoms with E-state index < -0.39 is 0 Å². The summed E-state index contributed by atoms with van der Waals surface area (Å²) in [5, 5.41) is 0.663. The fourth-order valence-corrected chi connectivity index (χ4v) is 3.21. The van der Waals surface area contributed by atoms with Crippen molar-refractivity contribution in [1.29, 1.82) is 0 Å². The van der Waals surface area contributed by atoms with Crippen LogP contribution in [0.25, 0.3) is 6.08 Å². The van der Waals surface area contributed by atoms with Gasteiger partial charge in [-0.15, -0.1) is 0 Å². The number of allylic oxidation sites excluding steroid dienone is 1. The van der Waals surface area contributed by atoms with Gasteiger partial charge >= 0.3 is 0 Å². The number of ether oxygens (including phenoxy) is 3. The number of rotatable bonds is 9. The van der Waals surface area contributed by atoms with Gasteiger partial charge in [0.15, 0.2) is 5.78 Å². The van der Waals surface area contributed by atoms with Crippen LogP contribution in [-0.4, -0.2) is 57.2 Å². The second-order valence-electron chi connectivity index (χ2n) is 6.77. The van der Waals surface area contributed by atoms with E-state index in [2.05, 4.69) is 4.90 Å². The van der Waals surface area contributed by atoms with Crippen molar-refractivity contribution in [2.75, 3.05) is 46.6 Å². The average molecular weight is 416 g/mol. The van der Waals surface area contributed by atoms with Crippen LogP contribution in [-0.2, 0) is 4.74 Å². The molecule has 0 saturated carbocycles. The lowest BCUT2D eigenvalue weighted by Crippen LogP contribution is -2.37. The van der Waals surface area contributed by atoms with Gasteiger partial charge in [0, 0.05) is 30.7 Å². The summed E-state index contributed by atoms with van der Waals surface area (Å²) >= 11 is 5.90. The number of morpholine rings is 1. The zero-order chi connectivity index (χ0) is 20.5. The number of ketones is 1. The van der Waals surface area contributed by atoms with Crippen LogP contribution in [0.1, 0.15) is 22.3 Å². The van der Waals surface area contributed by atoms with E-state index in [1.807, 2.05) is 12.1 Å². The third-order valence-electron chi connectivity index (χ3n) is 4.73. The second kappa shape index (κ2) is 11.0. The van der Waals surface area contributed by atoms with Gasteiger partial charge < -0.3 is 14.2 Å². The summed E-state index contributed by atoms with van der Waals surface area (Å²) in [5.74, 6) is 1.08. The lowest BCUT2D eigenvalue weighted by molar-refractivity contribution is 0.0357. The normalized spacial score (nSPS) is 14.8. The number of hydrogen-bond acceptors (Lipinski definition) is 5. The Kier molecular flexibility index (Phi) is 8.11. The highest BCUT2D eigenvalue weighted by molar-refractivity contribution is 6.30. The van der Waals surface area contributed by atoms with Gasteiger partial charge in [0.2, 0.25) is 0 Å². The molecule has 0 unspecified atom stereocenters. The standard InChI is InChI=1S/C23H26ClNO4/c1-27-20-8-9-21(22(26)10-5-18-3-6-19(24)7-4-18)23(17-20)29-14-2-11-25-12-15-28-16-13-25/h3-10,17H,2,11-16H2,1H3. The summed E-state index contributed by atoms with van der Waals surface area (Å²) in [6, 6.07) is 12.6. The zero-order valence-corrected chi connectivity index (χ0v) is 17.4. The number of carbonyl (C=O) groups excluding carboxylic acids is 1. The highest BCUT2D eigenvalue weighted by Gasteiger charge is 2.13. The monoisotopic (exact) mass is 415 g/mol. The largest absolute Gasteiger partial charge is 0.497 e. The third-order valence-corrected chi connectivity index (χ3v) is 4.98. The van der Waals surface area contributed by atoms with E-state index >= 15 is 0 Å². The molecule has 0 atom stereocenters. The second-order valence-corrected chi connectivity index (χ2v) is 7.20. The first-order valence-corrected chi connectivity index (χ1v) is 10.1. The maximum absolute atomic E-state index is 12.7. The fourth-order valence-electron chi connectivity index (χ4n) is 3.08. The molecular weight excluding hydrogens is 390 g/mol. The SMILES string of the molecule is COc1ccc(C(=O)C=Cc2ccc(Cl)cc2)c(OCCCN2CCOCC2)c1. The molecule has 0 aromatic heterocycles. The van der Waals surface area contributed by atoms with E-state index in [9.17, 15) is 4.79 Å². The number of carbonyl (C=O) groups is 1. The Morgan fingerprint density at radius 3 is 2.66 bits per heavy atom. The quantitative estimate of drug-likeness (QED) is 0.346. The van der Waals surface area contributed by atoms with Crippen LogP contribution in [0.15, 0.2) is 48.5 Å². The van der Waals surface area contributed by atoms with Gasteiger partial charge in [0.1, 0.15) is 11.5 Å². The summed E-state index contributed by atoms with van der Waals surface area (Å²) in [6.07, 6.45) is 4.20. The van der Waals surface area contributed by atoms with Crippen LogP contribution < -0.4 is 9.47 Å². The highest BCUT2D eigenvalue weighted by atomic mass is 35.5. The van der Waals surface area contributed by atoms with Crippen LogP contribution in [0.4, 0.5) is 0 Å². The molecule has 1 aliphatic rings. The van der Waals surface area contributed by atoms with Crippen LogP contribution in [0.3, 0.4) is 0 Å². The number of methoxy groups -OCH3 is 1. The Morgan fingerprint density at radius 2 is 1.93 bits per heavy atom. The first kappa shape index (κ1) is 21.4. The van der Waals surface area contributed by atoms with Crippen molar-refractivity contribution in [3.05, 3.63) is 64.7 Å². The summed E-state index contributed by atoms with van der Waals surface area (Å²) in [6.45, 7) is 4.97. The predicted octanol–water partition coefficient (Wildman–Crippen LogP) is 4.35. The molecule has 0 radical (unpaired) electrons. The Hall–Kier alpha value is -2.34. The Labute approximate surface area is 176 Å². The molecule has 0 spiro atoms. The van der Waals surface area contributed by atoms with E-state index in [4.69, 9.17) is 25.8 Å². The molecule has 1 heterocycles. The number of benzene rings is 2. The maximum Gasteiger partial charge on any atom is 0.189 e. The zero-order valence-electron chi connectivity index (χ0n) is 16.6. The van der Waals surface area contributed by atoms with Gasteiger partial charge in [-0.25, -0.2) is 0 Å². The van der Waals surface area contributed by atoms with Crippen molar-refractivity contribution in [2.24, 2.45) is 0 Å². The lowest BCUT2D eigenvalue weighted by Gasteiger charge is -2.26. The Bertz CT molecular complexity index is 829. The van der Waals surface area contributed by atoms with Crippen molar-refractivity contribution in [2.45, 2.75) is 6.42 Å². The number of hydrogen-bond donors (Lipinski definition) is 0. The highest BCUT2D eigenvalue weighted by Crippen LogP contribution is 2.26. The minimum absolute atomic E-state index is 0.120. The molecule has 1 saturated heterocycles. The Balaban J connectivity index is 1.62. The molecule has 0 amide bonds. The average Bonchev–Trinajstić information content (AvgIpc) is 2.76. The molecule has 6 heteroatoms. The summed E-state index contributed by atoms with van der Waals surface area (Å²) in [5.41, 5.74) is 1.42. The van der Waals surface area contributed by atoms with Gasteiger partial charge in [-0.3, -0.25) is 9.69 Å². The van der Waals surface area contributed by atoms with Crippen molar-refractivity contribution in [3.63, 3.8) is 0 Å². The van der Waals surface area contributed by atoms with Gasteiger partial charge in [-0.05, 0) is 42.3 Å². The Morgan fingerprint density at radius 1 is 1.17 bits per heavy atom. The molecule has 154 valence electrons. The minimum Gasteiger partial charge on any atom is -0.497 e. The van der Waals surface area contributed by atoms with E-state index in [0.717, 1.165) is 44.8 Å². The topological polar surface area (TPSA) is 48.0 Å². The number of nitrogens with zero attached hydrogens (tertiary/aromatic N) is 1. The van der Waals surface area contributed by atoms with Crippen LogP contribution in [0.5, 0.6) is 11.5 Å². The van der Waals surface area contributed by atoms with Crippen LogP contribution >= 0.6 is 11.6 Å². The lowest BCUT2D eigenvalue weighted by atomic mass is 10.1. The molecule has 1 aliphatic heterocycles. The smallest absolute Gasteiger partial charge is 0.189 e. The maximum atomic E-state index is 12.7. The van der Waals surface area contributed by atoms with Gasteiger partial charge in [-0.2, -0.15) is 0 Å². The molecule has 3 rings (SSSR count). The molecule has 2 aromatic rings. The molecule has 0 N–H and O–H groups in total. The summed E-state index contributed by atoms with van der Waals surface area (Å²) < 4.78 is 16.6. The van der Waals surface area contributed by atoms with Crippen molar-refractivity contribution >= 4 is 23.5 Å². The molecule has 1 fully saturated rings. The van der Waals surface area contributed by atoms with Crippen molar-refractivity contribution < 1.29 is 19.0 Å². The first-order chi connectivity index (χ1) is 14.2. The molecule has 5 nitrogen and oxygen atoms in total. The molecule has 0 aliphatic carbocycles. The van der Waals surface area contributed by atoms with E-state index in [0.29, 0.717) is 28.7 Å². The third kappa shape index (κ3) is 6.60. The van der Waals surface area contributed by atoms with Crippen LogP contribution in [0.2, 0.25) is 5.02 Å². The van der Waals surface area contributed by atoms with E-state index in [1.54, 1.807) is 49.6 Å². The molecule has 0 bridgehead atoms. The van der Waals surface area contributed by atoms with Gasteiger partial charge in [0.25, 0.3) is 0 Å². The van der Waals surface area contributed by atoms with E-state index in [1.165, 1.54) is 0 Å². The van der Waals surface area contributed by atoms with Crippen molar-refractivity contribution in [3.8, 4) is 11.5 Å². The summed E-state index contributed by atoms with van der Waals surface area (Å²) in [4.78, 5) is 15.1. The first-order valence-electron chi connectivity index (χ1n) is 9.74. The van der Waals surface area contributed by atoms with Crippen molar-refractivity contribution in [1.82, 2.24) is 4.90 Å². The minimum atomic E-state index is -0.120. The molecular formula is C23H26ClNO4. The summed E-state index contributed by atoms with van der Waals surface area (Å²) in [7, 11) is 1.60. The fraction of sp³-hybridized carbons (Fsp3) is 0.348. The predicted molar refractivity (Wildman–Crippen MR) is 115 cm³/mol.